The number of carbonyl (C=O) groups excluding carboxylic acids is 1. The summed E-state index contributed by atoms with van der Waals surface area (Å²) in [7, 11) is -3.68. The second kappa shape index (κ2) is 11.4. The Labute approximate surface area is 224 Å². The summed E-state index contributed by atoms with van der Waals surface area (Å²) in [6, 6.07) is 13.9. The summed E-state index contributed by atoms with van der Waals surface area (Å²) in [5.74, 6) is -0.310. The molecule has 3 fully saturated rings. The third-order valence-electron chi connectivity index (χ3n) is 8.48. The molecule has 0 radical (unpaired) electrons. The molecule has 7 nitrogen and oxygen atoms in total. The highest BCUT2D eigenvalue weighted by atomic mass is 32.2. The Morgan fingerprint density at radius 3 is 2.50 bits per heavy atom. The minimum Gasteiger partial charge on any atom is -0.381 e. The first-order valence-corrected chi connectivity index (χ1v) is 15.1. The van der Waals surface area contributed by atoms with Crippen molar-refractivity contribution in [3.63, 3.8) is 0 Å². The van der Waals surface area contributed by atoms with Gasteiger partial charge >= 0.3 is 0 Å². The van der Waals surface area contributed by atoms with Gasteiger partial charge in [-0.2, -0.15) is 4.31 Å². The number of carbonyl (C=O) groups is 1. The van der Waals surface area contributed by atoms with Crippen molar-refractivity contribution in [2.24, 2.45) is 5.92 Å². The second-order valence-corrected chi connectivity index (χ2v) is 12.9. The lowest BCUT2D eigenvalue weighted by Gasteiger charge is -2.38. The van der Waals surface area contributed by atoms with Crippen LogP contribution >= 0.6 is 0 Å². The summed E-state index contributed by atoms with van der Waals surface area (Å²) in [5.41, 5.74) is 0.805. The fraction of sp³-hybridized carbons (Fsp3) is 0.552. The van der Waals surface area contributed by atoms with Gasteiger partial charge in [-0.3, -0.25) is 4.79 Å². The zero-order valence-electron chi connectivity index (χ0n) is 21.9. The van der Waals surface area contributed by atoms with Gasteiger partial charge in [-0.15, -0.1) is 0 Å². The van der Waals surface area contributed by atoms with E-state index in [4.69, 9.17) is 9.47 Å². The van der Waals surface area contributed by atoms with E-state index in [1.165, 1.54) is 10.4 Å². The Morgan fingerprint density at radius 2 is 1.82 bits per heavy atom. The molecule has 1 N–H and O–H groups in total. The van der Waals surface area contributed by atoms with Crippen LogP contribution in [0.2, 0.25) is 0 Å². The van der Waals surface area contributed by atoms with Gasteiger partial charge in [0.1, 0.15) is 11.1 Å². The van der Waals surface area contributed by atoms with Crippen molar-refractivity contribution in [2.75, 3.05) is 33.0 Å². The van der Waals surface area contributed by atoms with Crippen LogP contribution in [-0.2, 0) is 36.3 Å². The number of rotatable bonds is 7. The third-order valence-corrected chi connectivity index (χ3v) is 10.9. The minimum absolute atomic E-state index is 0.0388. The average Bonchev–Trinajstić information content (AvgIpc) is 3.45. The number of hydrogen-bond donors (Lipinski definition) is 1. The predicted molar refractivity (Wildman–Crippen MR) is 142 cm³/mol. The Bertz CT molecular complexity index is 1230. The van der Waals surface area contributed by atoms with E-state index in [0.29, 0.717) is 75.7 Å². The Morgan fingerprint density at radius 1 is 1.05 bits per heavy atom. The molecule has 2 aromatic rings. The van der Waals surface area contributed by atoms with Crippen LogP contribution in [-0.4, -0.2) is 57.6 Å². The fourth-order valence-corrected chi connectivity index (χ4v) is 8.20. The van der Waals surface area contributed by atoms with Crippen molar-refractivity contribution in [3.05, 3.63) is 71.0 Å². The van der Waals surface area contributed by atoms with Gasteiger partial charge in [0.15, 0.2) is 0 Å². The molecule has 3 saturated heterocycles. The quantitative estimate of drug-likeness (QED) is 0.568. The largest absolute Gasteiger partial charge is 0.381 e. The summed E-state index contributed by atoms with van der Waals surface area (Å²) < 4.78 is 55.2. The highest BCUT2D eigenvalue weighted by molar-refractivity contribution is 7.89. The number of sulfonamides is 1. The molecule has 1 amide bonds. The normalized spacial score (nSPS) is 27.2. The molecule has 0 bridgehead atoms. The van der Waals surface area contributed by atoms with Gasteiger partial charge in [0.25, 0.3) is 0 Å². The monoisotopic (exact) mass is 544 g/mol. The van der Waals surface area contributed by atoms with Crippen molar-refractivity contribution in [2.45, 2.75) is 62.3 Å². The first-order chi connectivity index (χ1) is 18.3. The molecular weight excluding hydrogens is 507 g/mol. The van der Waals surface area contributed by atoms with Crippen molar-refractivity contribution >= 4 is 15.9 Å². The average molecular weight is 545 g/mol. The first-order valence-electron chi connectivity index (χ1n) is 13.6. The summed E-state index contributed by atoms with van der Waals surface area (Å²) in [4.78, 5) is 13.5. The SMILES string of the molecule is C[C@H]1CC[C@H](c2ccccc2)S(=O)(=O)N1Cc1ccc(C2(C(=O)NCC3CCOC3)CCOCC2)cc1F. The van der Waals surface area contributed by atoms with Crippen LogP contribution < -0.4 is 5.32 Å². The van der Waals surface area contributed by atoms with Gasteiger partial charge in [0.2, 0.25) is 15.9 Å². The standard InChI is InChI=1S/C29H37FN2O5S/c1-21-7-10-27(23-5-3-2-4-6-23)38(34,35)32(21)19-24-8-9-25(17-26(24)30)29(12-15-36-16-13-29)28(33)31-18-22-11-14-37-20-22/h2-6,8-9,17,21-22,27H,7,10-16,18-20H2,1H3,(H,31,33)/t21-,22?,27+/m0/s1. The zero-order valence-corrected chi connectivity index (χ0v) is 22.7. The molecule has 3 atom stereocenters. The maximum Gasteiger partial charge on any atom is 0.230 e. The van der Waals surface area contributed by atoms with E-state index in [9.17, 15) is 13.2 Å². The number of nitrogens with zero attached hydrogens (tertiary/aromatic N) is 1. The van der Waals surface area contributed by atoms with Gasteiger partial charge < -0.3 is 14.8 Å². The van der Waals surface area contributed by atoms with Crippen LogP contribution in [0.1, 0.15) is 61.0 Å². The molecule has 38 heavy (non-hydrogen) atoms. The highest BCUT2D eigenvalue weighted by Crippen LogP contribution is 2.39. The molecule has 0 spiro atoms. The molecule has 3 heterocycles. The van der Waals surface area contributed by atoms with Gasteiger partial charge in [0.05, 0.1) is 12.0 Å². The molecular formula is C29H37FN2O5S. The Balaban J connectivity index is 1.37. The van der Waals surface area contributed by atoms with E-state index in [1.807, 2.05) is 37.3 Å². The summed E-state index contributed by atoms with van der Waals surface area (Å²) in [6.07, 6.45) is 3.10. The summed E-state index contributed by atoms with van der Waals surface area (Å²) in [5, 5.41) is 2.45. The maximum atomic E-state index is 15.6. The minimum atomic E-state index is -3.68. The van der Waals surface area contributed by atoms with Crippen molar-refractivity contribution < 1.29 is 27.1 Å². The molecule has 2 aromatic carbocycles. The topological polar surface area (TPSA) is 84.9 Å². The molecule has 5 rings (SSSR count). The van der Waals surface area contributed by atoms with Crippen LogP contribution in [0.5, 0.6) is 0 Å². The van der Waals surface area contributed by atoms with E-state index in [0.717, 1.165) is 12.0 Å². The van der Waals surface area contributed by atoms with Crippen LogP contribution in [0, 0.1) is 11.7 Å². The lowest BCUT2D eigenvalue weighted by molar-refractivity contribution is -0.130. The lowest BCUT2D eigenvalue weighted by Crippen LogP contribution is -2.49. The van der Waals surface area contributed by atoms with E-state index in [1.54, 1.807) is 12.1 Å². The maximum absolute atomic E-state index is 15.6. The number of ether oxygens (including phenoxy) is 2. The molecule has 0 saturated carbocycles. The van der Waals surface area contributed by atoms with Crippen molar-refractivity contribution in [1.82, 2.24) is 9.62 Å². The number of hydrogen-bond acceptors (Lipinski definition) is 5. The number of amides is 1. The molecule has 9 heteroatoms. The van der Waals surface area contributed by atoms with E-state index >= 15 is 4.39 Å². The van der Waals surface area contributed by atoms with Gasteiger partial charge in [-0.05, 0) is 56.2 Å². The Kier molecular flexibility index (Phi) is 8.19. The fourth-order valence-electron chi connectivity index (χ4n) is 6.01. The van der Waals surface area contributed by atoms with E-state index < -0.39 is 26.5 Å². The molecule has 3 aliphatic rings. The van der Waals surface area contributed by atoms with Gasteiger partial charge in [-0.1, -0.05) is 42.5 Å². The van der Waals surface area contributed by atoms with E-state index in [-0.39, 0.29) is 18.5 Å². The van der Waals surface area contributed by atoms with Crippen molar-refractivity contribution in [1.29, 1.82) is 0 Å². The van der Waals surface area contributed by atoms with Crippen LogP contribution in [0.15, 0.2) is 48.5 Å². The van der Waals surface area contributed by atoms with Crippen LogP contribution in [0.25, 0.3) is 0 Å². The molecule has 0 aliphatic carbocycles. The van der Waals surface area contributed by atoms with Crippen molar-refractivity contribution in [3.8, 4) is 0 Å². The number of benzene rings is 2. The molecule has 3 aliphatic heterocycles. The number of halogens is 1. The lowest BCUT2D eigenvalue weighted by atomic mass is 9.73. The van der Waals surface area contributed by atoms with Crippen LogP contribution in [0.4, 0.5) is 4.39 Å². The van der Waals surface area contributed by atoms with Gasteiger partial charge in [-0.25, -0.2) is 12.8 Å². The van der Waals surface area contributed by atoms with E-state index in [2.05, 4.69) is 5.32 Å². The highest BCUT2D eigenvalue weighted by Gasteiger charge is 2.43. The van der Waals surface area contributed by atoms with Gasteiger partial charge in [0, 0.05) is 50.4 Å². The Hall–Kier alpha value is -2.33. The molecule has 206 valence electrons. The second-order valence-electron chi connectivity index (χ2n) is 10.9. The van der Waals surface area contributed by atoms with Crippen LogP contribution in [0.3, 0.4) is 0 Å². The summed E-state index contributed by atoms with van der Waals surface area (Å²) >= 11 is 0. The number of nitrogens with one attached hydrogen (secondary N) is 1. The summed E-state index contributed by atoms with van der Waals surface area (Å²) in [6.45, 7) is 4.58. The third kappa shape index (κ3) is 5.39. The molecule has 1 unspecified atom stereocenters. The molecule has 0 aromatic heterocycles. The predicted octanol–water partition coefficient (Wildman–Crippen LogP) is 4.08. The first kappa shape index (κ1) is 27.2. The smallest absolute Gasteiger partial charge is 0.230 e. The zero-order chi connectivity index (χ0) is 26.8.